The van der Waals surface area contributed by atoms with Crippen LogP contribution in [0.15, 0.2) is 41.3 Å². The summed E-state index contributed by atoms with van der Waals surface area (Å²) in [6, 6.07) is 10.4. The molecule has 0 saturated heterocycles. The maximum atomic E-state index is 12.1. The molecule has 0 aliphatic carbocycles. The lowest BCUT2D eigenvalue weighted by molar-refractivity contribution is 0.521. The predicted molar refractivity (Wildman–Crippen MR) is 69.2 cm³/mol. The van der Waals surface area contributed by atoms with E-state index in [0.29, 0.717) is 11.1 Å². The maximum Gasteiger partial charge on any atom is 0.243 e. The molecule has 2 aromatic carbocycles. The van der Waals surface area contributed by atoms with Crippen molar-refractivity contribution in [3.8, 4) is 0 Å². The molecule has 4 nitrogen and oxygen atoms in total. The highest BCUT2D eigenvalue weighted by molar-refractivity contribution is 7.89. The highest BCUT2D eigenvalue weighted by Crippen LogP contribution is 2.28. The molecule has 0 amide bonds. The summed E-state index contributed by atoms with van der Waals surface area (Å²) in [4.78, 5) is 0.285. The molecule has 5 heteroatoms. The molecule has 0 aromatic heterocycles. The molecule has 2 rings (SSSR count). The molecule has 0 aliphatic heterocycles. The zero-order chi connectivity index (χ0) is 12.6. The highest BCUT2D eigenvalue weighted by Gasteiger charge is 2.19. The fraction of sp³-hybridized carbons (Fsp3) is 0.167. The van der Waals surface area contributed by atoms with Crippen molar-refractivity contribution in [2.75, 3.05) is 19.8 Å². The van der Waals surface area contributed by atoms with Gasteiger partial charge in [0.05, 0.1) is 4.90 Å². The Labute approximate surface area is 101 Å². The van der Waals surface area contributed by atoms with E-state index >= 15 is 0 Å². The van der Waals surface area contributed by atoms with Gasteiger partial charge in [-0.1, -0.05) is 24.3 Å². The van der Waals surface area contributed by atoms with Crippen molar-refractivity contribution >= 4 is 26.5 Å². The first-order valence-electron chi connectivity index (χ1n) is 5.14. The summed E-state index contributed by atoms with van der Waals surface area (Å²) < 4.78 is 25.5. The van der Waals surface area contributed by atoms with E-state index in [4.69, 9.17) is 5.73 Å². The van der Waals surface area contributed by atoms with Crippen LogP contribution in [-0.2, 0) is 10.0 Å². The van der Waals surface area contributed by atoms with Gasteiger partial charge in [-0.05, 0) is 12.1 Å². The van der Waals surface area contributed by atoms with E-state index in [9.17, 15) is 8.42 Å². The number of hydrogen-bond donors (Lipinski definition) is 1. The summed E-state index contributed by atoms with van der Waals surface area (Å²) in [6.45, 7) is 0. The largest absolute Gasteiger partial charge is 0.398 e. The van der Waals surface area contributed by atoms with Crippen molar-refractivity contribution in [3.05, 3.63) is 36.4 Å². The van der Waals surface area contributed by atoms with Crippen LogP contribution in [0.4, 0.5) is 5.69 Å². The summed E-state index contributed by atoms with van der Waals surface area (Å²) >= 11 is 0. The van der Waals surface area contributed by atoms with Crippen LogP contribution >= 0.6 is 0 Å². The number of nitrogens with two attached hydrogens (primary N) is 1. The highest BCUT2D eigenvalue weighted by atomic mass is 32.2. The summed E-state index contributed by atoms with van der Waals surface area (Å²) in [5.74, 6) is 0. The van der Waals surface area contributed by atoms with Crippen LogP contribution in [0, 0.1) is 0 Å². The van der Waals surface area contributed by atoms with Crippen LogP contribution in [0.1, 0.15) is 0 Å². The molecular formula is C12H14N2O2S. The third kappa shape index (κ3) is 1.87. The van der Waals surface area contributed by atoms with Crippen molar-refractivity contribution in [3.63, 3.8) is 0 Å². The van der Waals surface area contributed by atoms with Gasteiger partial charge in [-0.3, -0.25) is 0 Å². The standard InChI is InChI=1S/C12H14N2O2S/c1-14(2)17(15,16)12-8-4-5-9-10(12)6-3-7-11(9)13/h3-8H,13H2,1-2H3. The maximum absolute atomic E-state index is 12.1. The Hall–Kier alpha value is -1.59. The molecule has 0 unspecified atom stereocenters. The Bertz CT molecular complexity index is 663. The average molecular weight is 250 g/mol. The van der Waals surface area contributed by atoms with Crippen molar-refractivity contribution in [2.45, 2.75) is 4.90 Å². The molecular weight excluding hydrogens is 236 g/mol. The van der Waals surface area contributed by atoms with Gasteiger partial charge in [-0.2, -0.15) is 0 Å². The zero-order valence-electron chi connectivity index (χ0n) is 9.71. The lowest BCUT2D eigenvalue weighted by atomic mass is 10.1. The molecule has 2 N–H and O–H groups in total. The van der Waals surface area contributed by atoms with Crippen molar-refractivity contribution in [1.29, 1.82) is 0 Å². The Morgan fingerprint density at radius 1 is 1.00 bits per heavy atom. The smallest absolute Gasteiger partial charge is 0.243 e. The Balaban J connectivity index is 2.85. The molecule has 0 saturated carbocycles. The van der Waals surface area contributed by atoms with Crippen molar-refractivity contribution < 1.29 is 8.42 Å². The number of rotatable bonds is 2. The average Bonchev–Trinajstić information content (AvgIpc) is 2.28. The van der Waals surface area contributed by atoms with E-state index in [0.717, 1.165) is 5.39 Å². The molecule has 0 aliphatic rings. The number of anilines is 1. The Morgan fingerprint density at radius 2 is 1.59 bits per heavy atom. The molecule has 0 heterocycles. The number of nitrogens with zero attached hydrogens (tertiary/aromatic N) is 1. The molecule has 0 bridgehead atoms. The van der Waals surface area contributed by atoms with Gasteiger partial charge in [0.15, 0.2) is 0 Å². The molecule has 17 heavy (non-hydrogen) atoms. The Morgan fingerprint density at radius 3 is 2.24 bits per heavy atom. The van der Waals surface area contributed by atoms with Crippen LogP contribution in [0.2, 0.25) is 0 Å². The topological polar surface area (TPSA) is 63.4 Å². The van der Waals surface area contributed by atoms with E-state index in [1.807, 2.05) is 6.07 Å². The van der Waals surface area contributed by atoms with E-state index in [1.54, 1.807) is 30.3 Å². The third-order valence-corrected chi connectivity index (χ3v) is 4.55. The summed E-state index contributed by atoms with van der Waals surface area (Å²) in [5, 5.41) is 1.41. The van der Waals surface area contributed by atoms with E-state index in [1.165, 1.54) is 18.4 Å². The third-order valence-electron chi connectivity index (χ3n) is 2.67. The number of nitrogen functional groups attached to an aromatic ring is 1. The number of benzene rings is 2. The van der Waals surface area contributed by atoms with Crippen LogP contribution in [0.25, 0.3) is 10.8 Å². The second-order valence-electron chi connectivity index (χ2n) is 3.99. The monoisotopic (exact) mass is 250 g/mol. The van der Waals surface area contributed by atoms with Gasteiger partial charge in [0.2, 0.25) is 10.0 Å². The number of fused-ring (bicyclic) bond motifs is 1. The molecule has 0 spiro atoms. The van der Waals surface area contributed by atoms with Gasteiger partial charge in [0, 0.05) is 30.6 Å². The molecule has 90 valence electrons. The first-order valence-corrected chi connectivity index (χ1v) is 6.58. The fourth-order valence-corrected chi connectivity index (χ4v) is 2.83. The van der Waals surface area contributed by atoms with E-state index in [2.05, 4.69) is 0 Å². The second-order valence-corrected chi connectivity index (χ2v) is 6.11. The summed E-state index contributed by atoms with van der Waals surface area (Å²) in [5.41, 5.74) is 6.42. The number of hydrogen-bond acceptors (Lipinski definition) is 3. The normalized spacial score (nSPS) is 12.2. The minimum atomic E-state index is -3.44. The van der Waals surface area contributed by atoms with Gasteiger partial charge in [0.1, 0.15) is 0 Å². The molecule has 2 aromatic rings. The van der Waals surface area contributed by atoms with Gasteiger partial charge in [-0.25, -0.2) is 12.7 Å². The van der Waals surface area contributed by atoms with Gasteiger partial charge in [-0.15, -0.1) is 0 Å². The second kappa shape index (κ2) is 4.01. The lowest BCUT2D eigenvalue weighted by Gasteiger charge is -2.14. The van der Waals surface area contributed by atoms with Gasteiger partial charge < -0.3 is 5.73 Å². The summed E-state index contributed by atoms with van der Waals surface area (Å²) in [6.07, 6.45) is 0. The van der Waals surface area contributed by atoms with Crippen LogP contribution in [0.3, 0.4) is 0 Å². The predicted octanol–water partition coefficient (Wildman–Crippen LogP) is 1.67. The van der Waals surface area contributed by atoms with Gasteiger partial charge >= 0.3 is 0 Å². The molecule has 0 radical (unpaired) electrons. The quantitative estimate of drug-likeness (QED) is 0.825. The van der Waals surface area contributed by atoms with Gasteiger partial charge in [0.25, 0.3) is 0 Å². The lowest BCUT2D eigenvalue weighted by Crippen LogP contribution is -2.22. The van der Waals surface area contributed by atoms with Crippen LogP contribution < -0.4 is 5.73 Å². The molecule has 0 atom stereocenters. The minimum Gasteiger partial charge on any atom is -0.398 e. The first kappa shape index (κ1) is 11.9. The SMILES string of the molecule is CN(C)S(=O)(=O)c1cccc2c(N)cccc12. The summed E-state index contributed by atoms with van der Waals surface area (Å²) in [7, 11) is -0.414. The van der Waals surface area contributed by atoms with Crippen LogP contribution in [-0.4, -0.2) is 26.8 Å². The minimum absolute atomic E-state index is 0.285. The first-order chi connectivity index (χ1) is 7.94. The van der Waals surface area contributed by atoms with Crippen molar-refractivity contribution in [2.24, 2.45) is 0 Å². The van der Waals surface area contributed by atoms with E-state index < -0.39 is 10.0 Å². The zero-order valence-corrected chi connectivity index (χ0v) is 10.5. The molecule has 0 fully saturated rings. The van der Waals surface area contributed by atoms with E-state index in [-0.39, 0.29) is 4.90 Å². The Kier molecular flexibility index (Phi) is 2.81. The number of sulfonamides is 1. The van der Waals surface area contributed by atoms with Crippen LogP contribution in [0.5, 0.6) is 0 Å². The van der Waals surface area contributed by atoms with Crippen molar-refractivity contribution in [1.82, 2.24) is 4.31 Å². The fourth-order valence-electron chi connectivity index (χ4n) is 1.73.